The van der Waals surface area contributed by atoms with Gasteiger partial charge in [0.05, 0.1) is 16.6 Å². The lowest BCUT2D eigenvalue weighted by Gasteiger charge is -2.35. The Balaban J connectivity index is 1.49. The molecule has 236 valence electrons. The number of amides is 2. The van der Waals surface area contributed by atoms with Crippen LogP contribution in [0.4, 0.5) is 8.78 Å². The van der Waals surface area contributed by atoms with Crippen LogP contribution < -0.4 is 16.0 Å². The second-order valence-corrected chi connectivity index (χ2v) is 14.4. The lowest BCUT2D eigenvalue weighted by molar-refractivity contribution is -0.126. The number of likely N-dealkylation sites (tertiary alicyclic amines) is 1. The van der Waals surface area contributed by atoms with Gasteiger partial charge < -0.3 is 16.0 Å². The van der Waals surface area contributed by atoms with E-state index in [0.29, 0.717) is 24.7 Å². The average Bonchev–Trinajstić information content (AvgIpc) is 2.96. The minimum absolute atomic E-state index is 0.0189. The van der Waals surface area contributed by atoms with Crippen molar-refractivity contribution in [1.82, 2.24) is 20.9 Å². The molecular formula is C30H38Cl2F2N4O4S. The molecule has 2 aliphatic rings. The summed E-state index contributed by atoms with van der Waals surface area (Å²) in [6.45, 7) is 4.96. The third kappa shape index (κ3) is 8.66. The van der Waals surface area contributed by atoms with Crippen molar-refractivity contribution in [1.29, 1.82) is 0 Å². The van der Waals surface area contributed by atoms with Gasteiger partial charge in [-0.2, -0.15) is 0 Å². The zero-order valence-electron chi connectivity index (χ0n) is 24.3. The number of carbonyl (C=O) groups is 2. The van der Waals surface area contributed by atoms with Crippen LogP contribution in [0.2, 0.25) is 10.0 Å². The fraction of sp³-hybridized carbons (Fsp3) is 0.533. The second-order valence-electron chi connectivity index (χ2n) is 11.3. The van der Waals surface area contributed by atoms with Crippen molar-refractivity contribution in [2.45, 2.75) is 69.5 Å². The predicted octanol–water partition coefficient (Wildman–Crippen LogP) is 4.91. The van der Waals surface area contributed by atoms with Gasteiger partial charge in [-0.3, -0.25) is 14.5 Å². The van der Waals surface area contributed by atoms with E-state index in [1.807, 2.05) is 4.90 Å². The summed E-state index contributed by atoms with van der Waals surface area (Å²) in [5.74, 6) is -4.16. The van der Waals surface area contributed by atoms with Crippen LogP contribution in [0.3, 0.4) is 0 Å². The SMILES string of the molecule is CCS(=O)(=O)c1ccc(Cl)cc1CNC(=O)c1cc(Cl)c(CN2CCC[C@H](NC(=O)[C@H]3CCCNC3)C2)c(C(C)(F)F)c1. The number of nitrogens with zero attached hydrogens (tertiary/aromatic N) is 1. The molecule has 2 atom stereocenters. The fourth-order valence-electron chi connectivity index (χ4n) is 5.68. The molecule has 3 N–H and O–H groups in total. The number of halogens is 4. The maximum Gasteiger partial charge on any atom is 0.270 e. The molecule has 0 radical (unpaired) electrons. The van der Waals surface area contributed by atoms with Gasteiger partial charge in [0.1, 0.15) is 0 Å². The molecule has 2 fully saturated rings. The highest BCUT2D eigenvalue weighted by atomic mass is 35.5. The van der Waals surface area contributed by atoms with Gasteiger partial charge in [-0.25, -0.2) is 17.2 Å². The Morgan fingerprint density at radius 3 is 2.58 bits per heavy atom. The Morgan fingerprint density at radius 1 is 1.14 bits per heavy atom. The first kappa shape index (κ1) is 33.6. The van der Waals surface area contributed by atoms with Gasteiger partial charge >= 0.3 is 0 Å². The number of piperidine rings is 2. The molecular weight excluding hydrogens is 621 g/mol. The number of alkyl halides is 2. The molecule has 0 aliphatic carbocycles. The molecule has 0 spiro atoms. The average molecular weight is 660 g/mol. The molecule has 0 unspecified atom stereocenters. The van der Waals surface area contributed by atoms with E-state index in [9.17, 15) is 26.8 Å². The molecule has 2 amide bonds. The standard InChI is InChI=1S/C30H38Cl2F2N4O4S/c1-3-43(41,42)27-9-8-22(31)12-21(27)16-36-28(39)20-13-25(30(2,33)34)24(26(32)14-20)18-38-11-5-7-23(17-38)37-29(40)19-6-4-10-35-15-19/h8-9,12-14,19,23,35H,3-7,10-11,15-18H2,1-2H3,(H,36,39)(H,37,40)/t19-,23-/m0/s1. The van der Waals surface area contributed by atoms with Gasteiger partial charge in [0.2, 0.25) is 5.91 Å². The first-order valence-corrected chi connectivity index (χ1v) is 16.9. The summed E-state index contributed by atoms with van der Waals surface area (Å²) in [6.07, 6.45) is 3.40. The number of carbonyl (C=O) groups excluding carboxylic acids is 2. The van der Waals surface area contributed by atoms with Crippen molar-refractivity contribution in [3.05, 3.63) is 62.6 Å². The molecule has 0 bridgehead atoms. The lowest BCUT2D eigenvalue weighted by atomic mass is 9.96. The van der Waals surface area contributed by atoms with Crippen LogP contribution in [-0.4, -0.2) is 63.1 Å². The predicted molar refractivity (Wildman–Crippen MR) is 163 cm³/mol. The van der Waals surface area contributed by atoms with E-state index < -0.39 is 21.7 Å². The lowest BCUT2D eigenvalue weighted by Crippen LogP contribution is -2.50. The van der Waals surface area contributed by atoms with Crippen molar-refractivity contribution >= 4 is 44.9 Å². The Hall–Kier alpha value is -2.31. The first-order valence-electron chi connectivity index (χ1n) is 14.5. The molecule has 2 saturated heterocycles. The first-order chi connectivity index (χ1) is 20.3. The zero-order valence-corrected chi connectivity index (χ0v) is 26.6. The van der Waals surface area contributed by atoms with Gasteiger partial charge in [-0.05, 0) is 80.2 Å². The second kappa shape index (κ2) is 14.2. The van der Waals surface area contributed by atoms with Crippen LogP contribution in [0.1, 0.15) is 66.6 Å². The van der Waals surface area contributed by atoms with Crippen LogP contribution in [0, 0.1) is 5.92 Å². The Labute approximate surface area is 261 Å². The molecule has 2 heterocycles. The summed E-state index contributed by atoms with van der Waals surface area (Å²) in [5.41, 5.74) is 0.0805. The largest absolute Gasteiger partial charge is 0.352 e. The van der Waals surface area contributed by atoms with Gasteiger partial charge in [-0.1, -0.05) is 30.1 Å². The smallest absolute Gasteiger partial charge is 0.270 e. The number of rotatable bonds is 10. The van der Waals surface area contributed by atoms with Crippen LogP contribution in [0.5, 0.6) is 0 Å². The summed E-state index contributed by atoms with van der Waals surface area (Å²) in [6, 6.07) is 6.68. The van der Waals surface area contributed by atoms with Gasteiger partial charge in [0.15, 0.2) is 9.84 Å². The maximum atomic E-state index is 14.9. The Kier molecular flexibility index (Phi) is 11.1. The Bertz CT molecular complexity index is 1450. The highest BCUT2D eigenvalue weighted by molar-refractivity contribution is 7.91. The normalized spacial score (nSPS) is 20.0. The molecule has 13 heteroatoms. The molecule has 2 aromatic carbocycles. The third-order valence-corrected chi connectivity index (χ3v) is 10.4. The highest BCUT2D eigenvalue weighted by Crippen LogP contribution is 2.36. The number of benzene rings is 2. The number of nitrogens with one attached hydrogen (secondary N) is 3. The molecule has 8 nitrogen and oxygen atoms in total. The van der Waals surface area contributed by atoms with E-state index in [2.05, 4.69) is 16.0 Å². The van der Waals surface area contributed by atoms with Crippen LogP contribution in [-0.2, 0) is 33.6 Å². The highest BCUT2D eigenvalue weighted by Gasteiger charge is 2.33. The van der Waals surface area contributed by atoms with Crippen LogP contribution in [0.15, 0.2) is 35.2 Å². The fourth-order valence-corrected chi connectivity index (χ4v) is 7.27. The monoisotopic (exact) mass is 658 g/mol. The number of hydrogen-bond acceptors (Lipinski definition) is 6. The maximum absolute atomic E-state index is 14.9. The van der Waals surface area contributed by atoms with Gasteiger partial charge in [-0.15, -0.1) is 0 Å². The summed E-state index contributed by atoms with van der Waals surface area (Å²) in [4.78, 5) is 27.9. The topological polar surface area (TPSA) is 108 Å². The van der Waals surface area contributed by atoms with Gasteiger partial charge in [0, 0.05) is 60.3 Å². The summed E-state index contributed by atoms with van der Waals surface area (Å²) in [5, 5.41) is 9.32. The minimum atomic E-state index is -3.59. The van der Waals surface area contributed by atoms with Crippen molar-refractivity contribution in [3.63, 3.8) is 0 Å². The van der Waals surface area contributed by atoms with E-state index in [0.717, 1.165) is 45.2 Å². The molecule has 0 aromatic heterocycles. The van der Waals surface area contributed by atoms with E-state index in [4.69, 9.17) is 23.2 Å². The Morgan fingerprint density at radius 2 is 1.91 bits per heavy atom. The summed E-state index contributed by atoms with van der Waals surface area (Å²) >= 11 is 12.6. The third-order valence-electron chi connectivity index (χ3n) is 8.01. The van der Waals surface area contributed by atoms with Gasteiger partial charge in [0.25, 0.3) is 11.8 Å². The quantitative estimate of drug-likeness (QED) is 0.335. The van der Waals surface area contributed by atoms with Crippen molar-refractivity contribution in [3.8, 4) is 0 Å². The van der Waals surface area contributed by atoms with E-state index in [-0.39, 0.29) is 68.9 Å². The summed E-state index contributed by atoms with van der Waals surface area (Å²) in [7, 11) is -3.59. The zero-order chi connectivity index (χ0) is 31.4. The number of hydrogen-bond donors (Lipinski definition) is 3. The van der Waals surface area contributed by atoms with Crippen LogP contribution >= 0.6 is 23.2 Å². The van der Waals surface area contributed by atoms with Crippen molar-refractivity contribution in [2.75, 3.05) is 31.9 Å². The van der Waals surface area contributed by atoms with Crippen molar-refractivity contribution < 1.29 is 26.8 Å². The number of sulfone groups is 1. The minimum Gasteiger partial charge on any atom is -0.352 e. The summed E-state index contributed by atoms with van der Waals surface area (Å²) < 4.78 is 54.8. The van der Waals surface area contributed by atoms with E-state index in [1.165, 1.54) is 31.2 Å². The molecule has 4 rings (SSSR count). The molecule has 0 saturated carbocycles. The van der Waals surface area contributed by atoms with E-state index >= 15 is 0 Å². The van der Waals surface area contributed by atoms with Crippen LogP contribution in [0.25, 0.3) is 0 Å². The molecule has 2 aliphatic heterocycles. The van der Waals surface area contributed by atoms with Crippen molar-refractivity contribution in [2.24, 2.45) is 5.92 Å². The molecule has 43 heavy (non-hydrogen) atoms. The molecule has 2 aromatic rings. The van der Waals surface area contributed by atoms with E-state index in [1.54, 1.807) is 0 Å².